The van der Waals surface area contributed by atoms with Gasteiger partial charge in [-0.3, -0.25) is 9.44 Å². The molecule has 2 aromatic carbocycles. The first-order valence-corrected chi connectivity index (χ1v) is 14.7. The molecule has 1 aliphatic heterocycles. The van der Waals surface area contributed by atoms with Crippen LogP contribution in [0.2, 0.25) is 0 Å². The second-order valence-corrected chi connectivity index (χ2v) is 11.8. The molecule has 0 fully saturated rings. The van der Waals surface area contributed by atoms with Gasteiger partial charge in [-0.2, -0.15) is 13.2 Å². The smallest absolute Gasteiger partial charge is 0.420 e. The summed E-state index contributed by atoms with van der Waals surface area (Å²) in [5.41, 5.74) is -0.636. The molecule has 1 aliphatic rings. The fraction of sp³-hybridized carbons (Fsp3) is 0.455. The molecule has 10 nitrogen and oxygen atoms in total. The molecule has 15 heteroatoms. The Hall–Kier alpha value is -2.91. The molecule has 0 atom stereocenters. The maximum Gasteiger partial charge on any atom is 0.420 e. The van der Waals surface area contributed by atoms with Crippen LogP contribution in [-0.4, -0.2) is 62.3 Å². The molecule has 206 valence electrons. The zero-order chi connectivity index (χ0) is 27.3. The van der Waals surface area contributed by atoms with Crippen LogP contribution in [0.5, 0.6) is 17.2 Å². The van der Waals surface area contributed by atoms with Crippen LogP contribution < -0.4 is 29.0 Å². The second-order valence-electron chi connectivity index (χ2n) is 8.18. The SMILES string of the molecule is COc1c(C(F)(F)F)cc(OCCNCCCOc2ccc(NS(C)(=O)=O)cc2)c2c1NS(=O)(=O)CC2. The van der Waals surface area contributed by atoms with E-state index in [2.05, 4.69) is 14.8 Å². The fourth-order valence-electron chi connectivity index (χ4n) is 3.61. The standard InChI is InChI=1S/C22H28F3N3O7S2/c1-33-21-18(22(23,24)25)14-19(17-8-13-37(31,32)28-20(17)21)35-12-10-26-9-3-11-34-16-6-4-15(5-7-16)27-36(2,29)30/h4-7,14,26-28H,3,8-13H2,1-2H3. The molecule has 0 saturated carbocycles. The normalized spacial score (nSPS) is 14.8. The van der Waals surface area contributed by atoms with E-state index in [4.69, 9.17) is 14.2 Å². The van der Waals surface area contributed by atoms with Gasteiger partial charge in [0.05, 0.1) is 31.4 Å². The lowest BCUT2D eigenvalue weighted by Crippen LogP contribution is -2.27. The Labute approximate surface area is 213 Å². The molecule has 0 bridgehead atoms. The minimum absolute atomic E-state index is 0.00936. The van der Waals surface area contributed by atoms with E-state index in [1.807, 2.05) is 0 Å². The number of methoxy groups -OCH3 is 1. The minimum Gasteiger partial charge on any atom is -0.494 e. The molecule has 3 N–H and O–H groups in total. The quantitative estimate of drug-likeness (QED) is 0.334. The van der Waals surface area contributed by atoms with Crippen molar-refractivity contribution in [1.82, 2.24) is 5.32 Å². The maximum atomic E-state index is 13.6. The molecule has 0 spiro atoms. The van der Waals surface area contributed by atoms with Crippen molar-refractivity contribution in [2.75, 3.05) is 54.9 Å². The predicted octanol–water partition coefficient (Wildman–Crippen LogP) is 2.82. The summed E-state index contributed by atoms with van der Waals surface area (Å²) in [7, 11) is -6.08. The van der Waals surface area contributed by atoms with Gasteiger partial charge < -0.3 is 19.5 Å². The Morgan fingerprint density at radius 1 is 1.08 bits per heavy atom. The predicted molar refractivity (Wildman–Crippen MR) is 132 cm³/mol. The molecule has 0 aliphatic carbocycles. The van der Waals surface area contributed by atoms with Gasteiger partial charge >= 0.3 is 6.18 Å². The number of alkyl halides is 3. The number of halogens is 3. The van der Waals surface area contributed by atoms with E-state index >= 15 is 0 Å². The zero-order valence-corrected chi connectivity index (χ0v) is 21.8. The summed E-state index contributed by atoms with van der Waals surface area (Å²) in [5, 5.41) is 3.10. The van der Waals surface area contributed by atoms with Gasteiger partial charge in [0.1, 0.15) is 23.7 Å². The third kappa shape index (κ3) is 8.30. The number of ether oxygens (including phenoxy) is 3. The number of nitrogens with one attached hydrogen (secondary N) is 3. The van der Waals surface area contributed by atoms with E-state index in [1.165, 1.54) is 0 Å². The molecule has 3 rings (SSSR count). The molecule has 37 heavy (non-hydrogen) atoms. The second kappa shape index (κ2) is 11.6. The van der Waals surface area contributed by atoms with Crippen LogP contribution in [0, 0.1) is 0 Å². The summed E-state index contributed by atoms with van der Waals surface area (Å²) < 4.78 is 108. The Morgan fingerprint density at radius 3 is 2.41 bits per heavy atom. The Kier molecular flexibility index (Phi) is 9.02. The Balaban J connectivity index is 1.49. The third-order valence-electron chi connectivity index (χ3n) is 5.19. The highest BCUT2D eigenvalue weighted by Gasteiger charge is 2.39. The molecule has 1 heterocycles. The number of anilines is 2. The maximum absolute atomic E-state index is 13.6. The number of hydrogen-bond acceptors (Lipinski definition) is 8. The van der Waals surface area contributed by atoms with Crippen molar-refractivity contribution in [2.45, 2.75) is 19.0 Å². The van der Waals surface area contributed by atoms with Crippen molar-refractivity contribution >= 4 is 31.4 Å². The highest BCUT2D eigenvalue weighted by molar-refractivity contribution is 7.92. The molecule has 0 saturated heterocycles. The van der Waals surface area contributed by atoms with Crippen LogP contribution in [0.15, 0.2) is 30.3 Å². The van der Waals surface area contributed by atoms with Gasteiger partial charge in [0.15, 0.2) is 5.75 Å². The van der Waals surface area contributed by atoms with E-state index in [0.29, 0.717) is 43.1 Å². The van der Waals surface area contributed by atoms with Crippen molar-refractivity contribution in [3.05, 3.63) is 41.5 Å². The molecule has 2 aromatic rings. The summed E-state index contributed by atoms with van der Waals surface area (Å²) in [6.45, 7) is 1.32. The molecule has 0 aromatic heterocycles. The van der Waals surface area contributed by atoms with Crippen molar-refractivity contribution < 1.29 is 44.2 Å². The summed E-state index contributed by atoms with van der Waals surface area (Å²) in [5.74, 6) is -0.343. The zero-order valence-electron chi connectivity index (χ0n) is 20.1. The van der Waals surface area contributed by atoms with Crippen molar-refractivity contribution in [3.63, 3.8) is 0 Å². The number of hydrogen-bond donors (Lipinski definition) is 3. The first kappa shape index (κ1) is 28.7. The number of rotatable bonds is 12. The molecular weight excluding hydrogens is 539 g/mol. The van der Waals surface area contributed by atoms with E-state index in [9.17, 15) is 30.0 Å². The van der Waals surface area contributed by atoms with Crippen LogP contribution in [0.1, 0.15) is 17.5 Å². The average Bonchev–Trinajstić information content (AvgIpc) is 2.79. The molecule has 0 unspecified atom stereocenters. The summed E-state index contributed by atoms with van der Waals surface area (Å²) in [6, 6.07) is 7.28. The Morgan fingerprint density at radius 2 is 1.78 bits per heavy atom. The van der Waals surface area contributed by atoms with Gasteiger partial charge in [-0.1, -0.05) is 0 Å². The fourth-order valence-corrected chi connectivity index (χ4v) is 5.27. The number of fused-ring (bicyclic) bond motifs is 1. The first-order chi connectivity index (χ1) is 17.3. The van der Waals surface area contributed by atoms with Gasteiger partial charge in [-0.25, -0.2) is 16.8 Å². The summed E-state index contributed by atoms with van der Waals surface area (Å²) >= 11 is 0. The lowest BCUT2D eigenvalue weighted by molar-refractivity contribution is -0.138. The highest BCUT2D eigenvalue weighted by Crippen LogP contribution is 2.47. The largest absolute Gasteiger partial charge is 0.494 e. The van der Waals surface area contributed by atoms with Gasteiger partial charge in [0.2, 0.25) is 20.0 Å². The topological polar surface area (TPSA) is 132 Å². The van der Waals surface area contributed by atoms with Gasteiger partial charge in [-0.05, 0) is 49.7 Å². The summed E-state index contributed by atoms with van der Waals surface area (Å²) in [4.78, 5) is 0. The molecule has 0 radical (unpaired) electrons. The van der Waals surface area contributed by atoms with Crippen molar-refractivity contribution in [1.29, 1.82) is 0 Å². The van der Waals surface area contributed by atoms with Crippen molar-refractivity contribution in [2.24, 2.45) is 0 Å². The van der Waals surface area contributed by atoms with Gasteiger partial charge in [-0.15, -0.1) is 0 Å². The van der Waals surface area contributed by atoms with Gasteiger partial charge in [0.25, 0.3) is 0 Å². The monoisotopic (exact) mass is 567 g/mol. The van der Waals surface area contributed by atoms with Crippen LogP contribution in [0.3, 0.4) is 0 Å². The lowest BCUT2D eigenvalue weighted by Gasteiger charge is -2.26. The van der Waals surface area contributed by atoms with E-state index in [1.54, 1.807) is 24.3 Å². The van der Waals surface area contributed by atoms with Crippen LogP contribution in [0.4, 0.5) is 24.5 Å². The first-order valence-electron chi connectivity index (χ1n) is 11.1. The lowest BCUT2D eigenvalue weighted by atomic mass is 10.0. The third-order valence-corrected chi connectivity index (χ3v) is 7.06. The van der Waals surface area contributed by atoms with Crippen LogP contribution in [-0.2, 0) is 32.6 Å². The molecule has 0 amide bonds. The van der Waals surface area contributed by atoms with Crippen LogP contribution in [0.25, 0.3) is 0 Å². The number of benzene rings is 2. The Bertz CT molecular complexity index is 1300. The van der Waals surface area contributed by atoms with E-state index < -0.39 is 37.5 Å². The van der Waals surface area contributed by atoms with E-state index in [-0.39, 0.29) is 30.2 Å². The minimum atomic E-state index is -4.77. The highest BCUT2D eigenvalue weighted by atomic mass is 32.2. The molecular formula is C22H28F3N3O7S2. The van der Waals surface area contributed by atoms with E-state index in [0.717, 1.165) is 19.4 Å². The summed E-state index contributed by atoms with van der Waals surface area (Å²) in [6.07, 6.45) is -3.10. The number of sulfonamides is 2. The average molecular weight is 568 g/mol. The van der Waals surface area contributed by atoms with Crippen LogP contribution >= 0.6 is 0 Å². The van der Waals surface area contributed by atoms with Crippen molar-refractivity contribution in [3.8, 4) is 17.2 Å². The van der Waals surface area contributed by atoms with Gasteiger partial charge in [0, 0.05) is 17.8 Å².